The van der Waals surface area contributed by atoms with E-state index in [1.54, 1.807) is 0 Å². The van der Waals surface area contributed by atoms with Crippen LogP contribution in [0.5, 0.6) is 0 Å². The first kappa shape index (κ1) is 6.81. The average Bonchev–Trinajstić information content (AvgIpc) is 1.88. The second kappa shape index (κ2) is 3.01. The first-order chi connectivity index (χ1) is 4.83. The fourth-order valence-corrected chi connectivity index (χ4v) is 0.745. The van der Waals surface area contributed by atoms with E-state index in [0.29, 0.717) is 0 Å². The summed E-state index contributed by atoms with van der Waals surface area (Å²) >= 11 is 0. The maximum absolute atomic E-state index is 8.16. The van der Waals surface area contributed by atoms with Gasteiger partial charge in [0, 0.05) is 5.56 Å². The Kier molecular flexibility index (Phi) is 2.05. The van der Waals surface area contributed by atoms with Gasteiger partial charge >= 0.3 is 0 Å². The lowest BCUT2D eigenvalue weighted by atomic mass is 10.2. The normalized spacial score (nSPS) is 10.5. The molecule has 0 aliphatic heterocycles. The van der Waals surface area contributed by atoms with Crippen molar-refractivity contribution in [2.45, 2.75) is 6.92 Å². The van der Waals surface area contributed by atoms with Gasteiger partial charge in [0.2, 0.25) is 0 Å². The van der Waals surface area contributed by atoms with Crippen molar-refractivity contribution in [2.75, 3.05) is 0 Å². The minimum absolute atomic E-state index is 0.794. The summed E-state index contributed by atoms with van der Waals surface area (Å²) in [5.41, 5.74) is 1.83. The molecule has 51 valence electrons. The lowest BCUT2D eigenvalue weighted by Gasteiger charge is -1.90. The maximum Gasteiger partial charge on any atom is 0.0740 e. The van der Waals surface area contributed by atoms with Crippen molar-refractivity contribution in [2.24, 2.45) is 5.16 Å². The Morgan fingerprint density at radius 2 is 2.40 bits per heavy atom. The maximum atomic E-state index is 8.16. The predicted molar refractivity (Wildman–Crippen MR) is 39.4 cm³/mol. The summed E-state index contributed by atoms with van der Waals surface area (Å²) in [5, 5.41) is 11.1. The average molecular weight is 134 g/mol. The number of oxime groups is 1. The van der Waals surface area contributed by atoms with E-state index in [4.69, 9.17) is 5.21 Å². The highest BCUT2D eigenvalue weighted by molar-refractivity contribution is 5.78. The van der Waals surface area contributed by atoms with Gasteiger partial charge in [-0.1, -0.05) is 23.4 Å². The molecule has 0 aliphatic rings. The van der Waals surface area contributed by atoms with Crippen LogP contribution in [0.1, 0.15) is 11.1 Å². The fraction of sp³-hybridized carbons (Fsp3) is 0.125. The zero-order valence-corrected chi connectivity index (χ0v) is 5.70. The van der Waals surface area contributed by atoms with Crippen LogP contribution >= 0.6 is 0 Å². The van der Waals surface area contributed by atoms with Crippen molar-refractivity contribution in [1.29, 1.82) is 0 Å². The van der Waals surface area contributed by atoms with Crippen LogP contribution in [0.15, 0.2) is 23.4 Å². The van der Waals surface area contributed by atoms with Gasteiger partial charge < -0.3 is 5.21 Å². The molecule has 0 heterocycles. The summed E-state index contributed by atoms with van der Waals surface area (Å²) in [6.45, 7) is 1.94. The summed E-state index contributed by atoms with van der Waals surface area (Å²) in [5.74, 6) is 0. The molecule has 1 N–H and O–H groups in total. The molecule has 2 nitrogen and oxygen atoms in total. The minimum atomic E-state index is 0.794. The van der Waals surface area contributed by atoms with E-state index >= 15 is 0 Å². The summed E-state index contributed by atoms with van der Waals surface area (Å²) in [7, 11) is 0. The van der Waals surface area contributed by atoms with Gasteiger partial charge in [-0.05, 0) is 18.6 Å². The van der Waals surface area contributed by atoms with E-state index in [9.17, 15) is 0 Å². The Morgan fingerprint density at radius 3 is 3.00 bits per heavy atom. The van der Waals surface area contributed by atoms with Crippen molar-refractivity contribution in [3.63, 3.8) is 0 Å². The molecule has 0 saturated carbocycles. The molecule has 0 aliphatic carbocycles. The highest BCUT2D eigenvalue weighted by Crippen LogP contribution is 1.98. The topological polar surface area (TPSA) is 32.6 Å². The highest BCUT2D eigenvalue weighted by Gasteiger charge is 1.87. The number of hydrogen-bond donors (Lipinski definition) is 1. The number of rotatable bonds is 1. The lowest BCUT2D eigenvalue weighted by Crippen LogP contribution is -1.81. The molecule has 0 bridgehead atoms. The molecule has 1 radical (unpaired) electrons. The van der Waals surface area contributed by atoms with Gasteiger partial charge in [-0.25, -0.2) is 0 Å². The van der Waals surface area contributed by atoms with Gasteiger partial charge in [-0.3, -0.25) is 0 Å². The quantitative estimate of drug-likeness (QED) is 0.353. The second-order valence-corrected chi connectivity index (χ2v) is 2.03. The van der Waals surface area contributed by atoms with Crippen LogP contribution in [0.4, 0.5) is 0 Å². The summed E-state index contributed by atoms with van der Waals surface area (Å²) in [6.07, 6.45) is 1.35. The standard InChI is InChI=1S/C8H8NO/c1-7-3-2-4-8(5-7)6-9-10/h2-4,6,10H,1H3/b9-6-. The van der Waals surface area contributed by atoms with E-state index in [1.807, 2.05) is 25.1 Å². The van der Waals surface area contributed by atoms with Crippen LogP contribution < -0.4 is 0 Å². The molecule has 0 unspecified atom stereocenters. The Labute approximate surface area is 59.8 Å². The van der Waals surface area contributed by atoms with E-state index < -0.39 is 0 Å². The van der Waals surface area contributed by atoms with Crippen LogP contribution in [0.2, 0.25) is 0 Å². The Balaban J connectivity index is 2.95. The largest absolute Gasteiger partial charge is 0.411 e. The molecule has 0 amide bonds. The van der Waals surface area contributed by atoms with Gasteiger partial charge in [0.25, 0.3) is 0 Å². The molecule has 2 heteroatoms. The van der Waals surface area contributed by atoms with E-state index in [1.165, 1.54) is 6.21 Å². The zero-order chi connectivity index (χ0) is 7.40. The minimum Gasteiger partial charge on any atom is -0.411 e. The molecular formula is C8H8NO. The van der Waals surface area contributed by atoms with Crippen molar-refractivity contribution in [3.8, 4) is 0 Å². The Bertz CT molecular complexity index is 243. The van der Waals surface area contributed by atoms with Gasteiger partial charge in [-0.2, -0.15) is 0 Å². The molecule has 10 heavy (non-hydrogen) atoms. The summed E-state index contributed by atoms with van der Waals surface area (Å²) < 4.78 is 0. The molecule has 1 aromatic rings. The van der Waals surface area contributed by atoms with Crippen molar-refractivity contribution in [1.82, 2.24) is 0 Å². The van der Waals surface area contributed by atoms with Gasteiger partial charge in [0.15, 0.2) is 0 Å². The number of benzene rings is 1. The smallest absolute Gasteiger partial charge is 0.0740 e. The van der Waals surface area contributed by atoms with E-state index in [2.05, 4.69) is 11.2 Å². The summed E-state index contributed by atoms with van der Waals surface area (Å²) in [4.78, 5) is 0. The first-order valence-electron chi connectivity index (χ1n) is 2.99. The van der Waals surface area contributed by atoms with E-state index in [0.717, 1.165) is 11.1 Å². The summed E-state index contributed by atoms with van der Waals surface area (Å²) in [6, 6.07) is 8.66. The van der Waals surface area contributed by atoms with Crippen LogP contribution in [0, 0.1) is 13.0 Å². The van der Waals surface area contributed by atoms with Crippen LogP contribution in [0.3, 0.4) is 0 Å². The Morgan fingerprint density at radius 1 is 1.60 bits per heavy atom. The predicted octanol–water partition coefficient (Wildman–Crippen LogP) is 1.60. The molecule has 0 spiro atoms. The third-order valence-corrected chi connectivity index (χ3v) is 1.16. The molecule has 0 aromatic heterocycles. The molecule has 0 saturated heterocycles. The van der Waals surface area contributed by atoms with Crippen LogP contribution in [-0.4, -0.2) is 11.4 Å². The lowest BCUT2D eigenvalue weighted by molar-refractivity contribution is 0.322. The number of aryl methyl sites for hydroxylation is 1. The molecule has 0 fully saturated rings. The van der Waals surface area contributed by atoms with Crippen molar-refractivity contribution in [3.05, 3.63) is 35.4 Å². The van der Waals surface area contributed by atoms with Gasteiger partial charge in [-0.15, -0.1) is 0 Å². The van der Waals surface area contributed by atoms with Crippen molar-refractivity contribution >= 4 is 6.21 Å². The fourth-order valence-electron chi connectivity index (χ4n) is 0.745. The number of nitrogens with zero attached hydrogens (tertiary/aromatic N) is 1. The molecule has 1 aromatic carbocycles. The molecular weight excluding hydrogens is 126 g/mol. The molecule has 1 rings (SSSR count). The zero-order valence-electron chi connectivity index (χ0n) is 5.70. The van der Waals surface area contributed by atoms with Gasteiger partial charge in [0.1, 0.15) is 0 Å². The van der Waals surface area contributed by atoms with Crippen molar-refractivity contribution < 1.29 is 5.21 Å². The third-order valence-electron chi connectivity index (χ3n) is 1.16. The monoisotopic (exact) mass is 134 g/mol. The van der Waals surface area contributed by atoms with Crippen LogP contribution in [0.25, 0.3) is 0 Å². The van der Waals surface area contributed by atoms with Gasteiger partial charge in [0.05, 0.1) is 6.21 Å². The highest BCUT2D eigenvalue weighted by atomic mass is 16.4. The van der Waals surface area contributed by atoms with Crippen LogP contribution in [-0.2, 0) is 0 Å². The Hall–Kier alpha value is -1.31. The van der Waals surface area contributed by atoms with E-state index in [-0.39, 0.29) is 0 Å². The second-order valence-electron chi connectivity index (χ2n) is 2.03. The molecule has 0 atom stereocenters. The first-order valence-corrected chi connectivity index (χ1v) is 2.99. The SMILES string of the molecule is Cc1[c]c(/C=N\O)ccc1. The number of hydrogen-bond acceptors (Lipinski definition) is 2. The third kappa shape index (κ3) is 1.58.